The highest BCUT2D eigenvalue weighted by Crippen LogP contribution is 2.41. The molecule has 1 unspecified atom stereocenters. The van der Waals surface area contributed by atoms with Crippen molar-refractivity contribution in [2.45, 2.75) is 45.3 Å². The minimum Gasteiger partial charge on any atom is -0.487 e. The molecule has 0 aromatic heterocycles. The van der Waals surface area contributed by atoms with E-state index < -0.39 is 14.1 Å². The van der Waals surface area contributed by atoms with E-state index in [1.807, 2.05) is 42.2 Å². The fourth-order valence-electron chi connectivity index (χ4n) is 3.73. The van der Waals surface area contributed by atoms with Crippen LogP contribution in [0.25, 0.3) is 0 Å². The zero-order chi connectivity index (χ0) is 23.6. The molecule has 0 bridgehead atoms. The number of hydrazone groups is 1. The Hall–Kier alpha value is -3.04. The van der Waals surface area contributed by atoms with Crippen LogP contribution < -0.4 is 20.1 Å². The number of hydrogen-bond donors (Lipinski definition) is 1. The Morgan fingerprint density at radius 3 is 2.70 bits per heavy atom. The van der Waals surface area contributed by atoms with Gasteiger partial charge >= 0.3 is 0 Å². The Morgan fingerprint density at radius 2 is 1.97 bits per heavy atom. The first-order chi connectivity index (χ1) is 15.7. The summed E-state index contributed by atoms with van der Waals surface area (Å²) in [5.41, 5.74) is 8.53. The molecule has 1 atom stereocenters. The summed E-state index contributed by atoms with van der Waals surface area (Å²) in [6, 6.07) is 14.1. The maximum Gasteiger partial charge on any atom is 0.267 e. The van der Waals surface area contributed by atoms with Crippen molar-refractivity contribution in [2.24, 2.45) is 5.10 Å². The van der Waals surface area contributed by atoms with Crippen LogP contribution >= 0.6 is 0 Å². The summed E-state index contributed by atoms with van der Waals surface area (Å²) < 4.78 is 17.6. The Bertz CT molecular complexity index is 1040. The number of anilines is 2. The zero-order valence-electron chi connectivity index (χ0n) is 19.7. The number of fused-ring (bicyclic) bond motifs is 3. The molecule has 2 aromatic carbocycles. The van der Waals surface area contributed by atoms with Gasteiger partial charge in [-0.25, -0.2) is 5.01 Å². The summed E-state index contributed by atoms with van der Waals surface area (Å²) in [4.78, 5) is 14.9. The van der Waals surface area contributed by atoms with E-state index in [0.717, 1.165) is 11.6 Å². The molecule has 0 saturated heterocycles. The molecule has 4 rings (SSSR count). The third-order valence-electron chi connectivity index (χ3n) is 5.67. The van der Waals surface area contributed by atoms with Gasteiger partial charge in [-0.1, -0.05) is 50.0 Å². The number of carbonyl (C=O) groups excluding carboxylic acids is 1. The van der Waals surface area contributed by atoms with Gasteiger partial charge < -0.3 is 24.8 Å². The maximum atomic E-state index is 13.0. The van der Waals surface area contributed by atoms with Gasteiger partial charge in [-0.3, -0.25) is 4.79 Å². The predicted octanol–water partition coefficient (Wildman–Crippen LogP) is 3.90. The highest BCUT2D eigenvalue weighted by Gasteiger charge is 2.39. The SMILES string of the molecule is CC1C(=O)N(COCC[Si](C)(C)C)N=C2COc3cc(OCc4ccccc4)c(N)cc3N21. The molecule has 0 spiro atoms. The lowest BCUT2D eigenvalue weighted by atomic mass is 10.1. The second kappa shape index (κ2) is 9.44. The van der Waals surface area contributed by atoms with Crippen LogP contribution in [0.5, 0.6) is 11.5 Å². The van der Waals surface area contributed by atoms with Gasteiger partial charge in [0.15, 0.2) is 5.84 Å². The van der Waals surface area contributed by atoms with Crippen molar-refractivity contribution in [3.63, 3.8) is 0 Å². The van der Waals surface area contributed by atoms with Gasteiger partial charge in [-0.05, 0) is 24.6 Å². The first-order valence-corrected chi connectivity index (χ1v) is 14.9. The van der Waals surface area contributed by atoms with E-state index in [0.29, 0.717) is 41.9 Å². The Balaban J connectivity index is 1.48. The minimum atomic E-state index is -1.19. The Kier molecular flexibility index (Phi) is 6.62. The molecule has 0 aliphatic carbocycles. The fourth-order valence-corrected chi connectivity index (χ4v) is 4.48. The molecule has 2 aliphatic rings. The maximum absolute atomic E-state index is 13.0. The summed E-state index contributed by atoms with van der Waals surface area (Å²) in [6.45, 7) is 10.2. The number of amidine groups is 1. The second-order valence-corrected chi connectivity index (χ2v) is 15.2. The van der Waals surface area contributed by atoms with Crippen LogP contribution in [0.1, 0.15) is 12.5 Å². The lowest BCUT2D eigenvalue weighted by molar-refractivity contribution is -0.138. The Labute approximate surface area is 195 Å². The number of ether oxygens (including phenoxy) is 3. The van der Waals surface area contributed by atoms with Gasteiger partial charge in [0.1, 0.15) is 37.5 Å². The average Bonchev–Trinajstić information content (AvgIpc) is 2.78. The molecule has 33 heavy (non-hydrogen) atoms. The minimum absolute atomic E-state index is 0.123. The van der Waals surface area contributed by atoms with Gasteiger partial charge in [0.2, 0.25) is 0 Å². The molecular formula is C24H32N4O4Si. The van der Waals surface area contributed by atoms with E-state index in [9.17, 15) is 4.79 Å². The van der Waals surface area contributed by atoms with E-state index >= 15 is 0 Å². The van der Waals surface area contributed by atoms with Crippen molar-refractivity contribution in [3.05, 3.63) is 48.0 Å². The number of nitrogen functional groups attached to an aromatic ring is 1. The molecule has 176 valence electrons. The van der Waals surface area contributed by atoms with Gasteiger partial charge in [0.25, 0.3) is 5.91 Å². The standard InChI is InChI=1S/C24H32N4O4Si/c1-17-24(29)27(16-30-10-11-33(2,3)4)26-23-15-32-22-13-21(19(25)12-20(22)28(17)23)31-14-18-8-6-5-7-9-18/h5-9,12-13,17H,10-11,14-16,25H2,1-4H3. The number of nitrogens with zero attached hydrogens (tertiary/aromatic N) is 3. The molecule has 2 heterocycles. The Morgan fingerprint density at radius 1 is 1.21 bits per heavy atom. The molecule has 2 aromatic rings. The fraction of sp³-hybridized carbons (Fsp3) is 0.417. The topological polar surface area (TPSA) is 89.6 Å². The normalized spacial score (nSPS) is 17.8. The first kappa shape index (κ1) is 23.1. The third-order valence-corrected chi connectivity index (χ3v) is 7.37. The van der Waals surface area contributed by atoms with Crippen LogP contribution in [-0.4, -0.2) is 50.8 Å². The van der Waals surface area contributed by atoms with Crippen LogP contribution in [0.15, 0.2) is 47.6 Å². The molecule has 1 amide bonds. The van der Waals surface area contributed by atoms with Crippen LogP contribution in [-0.2, 0) is 16.1 Å². The highest BCUT2D eigenvalue weighted by molar-refractivity contribution is 6.76. The van der Waals surface area contributed by atoms with Gasteiger partial charge in [0.05, 0.1) is 11.4 Å². The first-order valence-electron chi connectivity index (χ1n) is 11.2. The average molecular weight is 469 g/mol. The summed E-state index contributed by atoms with van der Waals surface area (Å²) in [5.74, 6) is 1.69. The van der Waals surface area contributed by atoms with Crippen molar-refractivity contribution in [1.29, 1.82) is 0 Å². The van der Waals surface area contributed by atoms with Gasteiger partial charge in [-0.2, -0.15) is 5.10 Å². The quantitative estimate of drug-likeness (QED) is 0.359. The third kappa shape index (κ3) is 5.31. The van der Waals surface area contributed by atoms with Crippen molar-refractivity contribution in [1.82, 2.24) is 5.01 Å². The summed E-state index contributed by atoms with van der Waals surface area (Å²) in [7, 11) is -1.19. The number of carbonyl (C=O) groups is 1. The van der Waals surface area contributed by atoms with E-state index in [1.165, 1.54) is 5.01 Å². The molecule has 2 N–H and O–H groups in total. The summed E-state index contributed by atoms with van der Waals surface area (Å²) in [5, 5.41) is 5.91. The van der Waals surface area contributed by atoms with Crippen molar-refractivity contribution >= 4 is 31.2 Å². The van der Waals surface area contributed by atoms with Crippen LogP contribution in [0.3, 0.4) is 0 Å². The van der Waals surface area contributed by atoms with E-state index in [-0.39, 0.29) is 19.2 Å². The number of hydrogen-bond acceptors (Lipinski definition) is 7. The van der Waals surface area contributed by atoms with Crippen LogP contribution in [0, 0.1) is 0 Å². The number of amides is 1. The molecule has 0 saturated carbocycles. The van der Waals surface area contributed by atoms with E-state index in [2.05, 4.69) is 24.7 Å². The predicted molar refractivity (Wildman–Crippen MR) is 132 cm³/mol. The van der Waals surface area contributed by atoms with Crippen molar-refractivity contribution in [3.8, 4) is 11.5 Å². The zero-order valence-corrected chi connectivity index (χ0v) is 20.7. The smallest absolute Gasteiger partial charge is 0.267 e. The van der Waals surface area contributed by atoms with Gasteiger partial charge in [0, 0.05) is 20.7 Å². The van der Waals surface area contributed by atoms with E-state index in [1.54, 1.807) is 12.1 Å². The van der Waals surface area contributed by atoms with Crippen LogP contribution in [0.2, 0.25) is 25.7 Å². The number of rotatable bonds is 8. The monoisotopic (exact) mass is 468 g/mol. The summed E-state index contributed by atoms with van der Waals surface area (Å²) in [6.07, 6.45) is 0. The molecule has 8 nitrogen and oxygen atoms in total. The van der Waals surface area contributed by atoms with Gasteiger partial charge in [-0.15, -0.1) is 0 Å². The molecule has 2 aliphatic heterocycles. The molecule has 0 radical (unpaired) electrons. The van der Waals surface area contributed by atoms with Crippen LogP contribution in [0.4, 0.5) is 11.4 Å². The number of nitrogens with two attached hydrogens (primary N) is 1. The lowest BCUT2D eigenvalue weighted by Gasteiger charge is -2.41. The molecular weight excluding hydrogens is 436 g/mol. The highest BCUT2D eigenvalue weighted by atomic mass is 28.3. The lowest BCUT2D eigenvalue weighted by Crippen LogP contribution is -2.57. The number of benzene rings is 2. The second-order valence-electron chi connectivity index (χ2n) is 9.57. The summed E-state index contributed by atoms with van der Waals surface area (Å²) >= 11 is 0. The molecule has 9 heteroatoms. The largest absolute Gasteiger partial charge is 0.487 e. The molecule has 0 fully saturated rings. The van der Waals surface area contributed by atoms with Crippen molar-refractivity contribution in [2.75, 3.05) is 30.6 Å². The van der Waals surface area contributed by atoms with Crippen molar-refractivity contribution < 1.29 is 19.0 Å². The van der Waals surface area contributed by atoms with E-state index in [4.69, 9.17) is 19.9 Å².